The van der Waals surface area contributed by atoms with Gasteiger partial charge in [-0.3, -0.25) is 4.21 Å². The maximum absolute atomic E-state index is 13.2. The monoisotopic (exact) mass is 391 g/mol. The van der Waals surface area contributed by atoms with Gasteiger partial charge in [0.25, 0.3) is 0 Å². The van der Waals surface area contributed by atoms with E-state index in [1.807, 2.05) is 49.4 Å². The van der Waals surface area contributed by atoms with Gasteiger partial charge in [-0.15, -0.1) is 11.3 Å². The number of carboxylic acids is 1. The maximum Gasteiger partial charge on any atom is 0.348 e. The summed E-state index contributed by atoms with van der Waals surface area (Å²) in [4.78, 5) is 12.0. The quantitative estimate of drug-likeness (QED) is 0.439. The fourth-order valence-electron chi connectivity index (χ4n) is 2.58. The van der Waals surface area contributed by atoms with Gasteiger partial charge in [-0.25, -0.2) is 4.79 Å². The molecule has 0 saturated heterocycles. The summed E-state index contributed by atoms with van der Waals surface area (Å²) in [6.07, 6.45) is 0. The largest absolute Gasteiger partial charge is 0.477 e. The molecule has 0 aliphatic rings. The van der Waals surface area contributed by atoms with Crippen LogP contribution < -0.4 is 4.72 Å². The molecule has 0 amide bonds. The maximum atomic E-state index is 13.2. The Kier molecular flexibility index (Phi) is 5.04. The third-order valence-electron chi connectivity index (χ3n) is 3.83. The molecule has 130 valence electrons. The van der Waals surface area contributed by atoms with Crippen molar-refractivity contribution in [3.63, 3.8) is 0 Å². The van der Waals surface area contributed by atoms with Gasteiger partial charge in [-0.1, -0.05) is 36.4 Å². The number of aryl methyl sites for hydroxylation is 1. The molecule has 3 aromatic rings. The van der Waals surface area contributed by atoms with Crippen LogP contribution in [-0.4, -0.2) is 15.3 Å². The number of aromatic carboxylic acids is 1. The molecule has 0 saturated carbocycles. The van der Waals surface area contributed by atoms with Gasteiger partial charge in [0.2, 0.25) is 0 Å². The van der Waals surface area contributed by atoms with Crippen LogP contribution in [-0.2, 0) is 9.74 Å². The number of carboxylic acid groups (broad SMARTS) is 1. The molecule has 1 atom stereocenters. The van der Waals surface area contributed by atoms with Gasteiger partial charge >= 0.3 is 5.97 Å². The molecule has 0 aliphatic heterocycles. The highest BCUT2D eigenvalue weighted by molar-refractivity contribution is 8.46. The Bertz CT molecular complexity index is 984. The number of hydrogen-bond acceptors (Lipinski definition) is 3. The fourth-order valence-corrected chi connectivity index (χ4v) is 5.56. The lowest BCUT2D eigenvalue weighted by Gasteiger charge is -2.22. The van der Waals surface area contributed by atoms with Crippen LogP contribution in [0.5, 0.6) is 0 Å². The molecule has 0 fully saturated rings. The van der Waals surface area contributed by atoms with Crippen molar-refractivity contribution in [2.75, 3.05) is 4.72 Å². The van der Waals surface area contributed by atoms with Crippen LogP contribution in [0.3, 0.4) is 0 Å². The fraction of sp³-hybridized carbons (Fsp3) is 0.0556. The molecule has 1 unspecified atom stereocenters. The molecule has 0 radical (unpaired) electrons. The van der Waals surface area contributed by atoms with E-state index in [4.69, 9.17) is 0 Å². The highest BCUT2D eigenvalue weighted by Crippen LogP contribution is 2.34. The van der Waals surface area contributed by atoms with E-state index < -0.39 is 15.7 Å². The molecular formula is C18H18NO3PS2. The van der Waals surface area contributed by atoms with Gasteiger partial charge in [0, 0.05) is 4.90 Å². The Morgan fingerprint density at radius 2 is 1.92 bits per heavy atom. The summed E-state index contributed by atoms with van der Waals surface area (Å²) in [5.41, 5.74) is 3.56. The summed E-state index contributed by atoms with van der Waals surface area (Å²) in [5, 5.41) is 10.9. The minimum Gasteiger partial charge on any atom is -0.477 e. The average Bonchev–Trinajstić information content (AvgIpc) is 3.03. The first kappa shape index (κ1) is 17.8. The van der Waals surface area contributed by atoms with Crippen molar-refractivity contribution in [3.8, 4) is 11.1 Å². The third-order valence-corrected chi connectivity index (χ3v) is 7.63. The van der Waals surface area contributed by atoms with Crippen molar-refractivity contribution in [2.24, 2.45) is 0 Å². The number of nitrogens with one attached hydrogen (secondary N) is 1. The first-order valence-electron chi connectivity index (χ1n) is 7.53. The van der Waals surface area contributed by atoms with Crippen LogP contribution >= 0.6 is 19.8 Å². The minimum absolute atomic E-state index is 0.151. The zero-order valence-electron chi connectivity index (χ0n) is 13.5. The summed E-state index contributed by atoms with van der Waals surface area (Å²) in [7, 11) is -0.698. The lowest BCUT2D eigenvalue weighted by atomic mass is 10.0. The summed E-state index contributed by atoms with van der Waals surface area (Å²) in [6, 6.07) is 17.2. The average molecular weight is 391 g/mol. The van der Waals surface area contributed by atoms with E-state index in [2.05, 4.69) is 13.2 Å². The first-order chi connectivity index (χ1) is 11.9. The second-order valence-electron chi connectivity index (χ2n) is 5.60. The van der Waals surface area contributed by atoms with Gasteiger partial charge in [0.1, 0.15) is 4.88 Å². The highest BCUT2D eigenvalue weighted by Gasteiger charge is 2.18. The van der Waals surface area contributed by atoms with E-state index in [0.29, 0.717) is 10.6 Å². The molecule has 4 nitrogen and oxygen atoms in total. The molecule has 25 heavy (non-hydrogen) atoms. The van der Waals surface area contributed by atoms with Crippen molar-refractivity contribution in [2.45, 2.75) is 11.8 Å². The van der Waals surface area contributed by atoms with Crippen LogP contribution in [0, 0.1) is 6.92 Å². The number of hydrogen-bond donors (Lipinski definition) is 3. The van der Waals surface area contributed by atoms with Crippen LogP contribution in [0.15, 0.2) is 64.9 Å². The van der Waals surface area contributed by atoms with Gasteiger partial charge < -0.3 is 9.83 Å². The van der Waals surface area contributed by atoms with Gasteiger partial charge in [-0.05, 0) is 65.4 Å². The molecule has 1 aromatic heterocycles. The Hall–Kier alpha value is -2.01. The van der Waals surface area contributed by atoms with E-state index in [9.17, 15) is 14.1 Å². The molecule has 2 aromatic carbocycles. The number of rotatable bonds is 5. The van der Waals surface area contributed by atoms with Gasteiger partial charge in [-0.2, -0.15) is 0 Å². The molecule has 2 N–H and O–H groups in total. The van der Waals surface area contributed by atoms with Crippen molar-refractivity contribution >= 4 is 41.2 Å². The Morgan fingerprint density at radius 1 is 1.16 bits per heavy atom. The highest BCUT2D eigenvalue weighted by atomic mass is 32.8. The predicted molar refractivity (Wildman–Crippen MR) is 109 cm³/mol. The van der Waals surface area contributed by atoms with Crippen LogP contribution in [0.4, 0.5) is 5.69 Å². The lowest BCUT2D eigenvalue weighted by molar-refractivity contribution is 0.0703. The number of carbonyl (C=O) groups is 1. The van der Waals surface area contributed by atoms with E-state index in [0.717, 1.165) is 28.0 Å². The van der Waals surface area contributed by atoms with Crippen LogP contribution in [0.2, 0.25) is 0 Å². The van der Waals surface area contributed by atoms with Crippen LogP contribution in [0.1, 0.15) is 15.2 Å². The van der Waals surface area contributed by atoms with Crippen molar-refractivity contribution in [1.29, 1.82) is 0 Å². The zero-order valence-corrected chi connectivity index (χ0v) is 16.3. The van der Waals surface area contributed by atoms with E-state index in [1.165, 1.54) is 0 Å². The van der Waals surface area contributed by atoms with Gasteiger partial charge in [0.05, 0.1) is 5.69 Å². The lowest BCUT2D eigenvalue weighted by Crippen LogP contribution is -2.16. The molecule has 0 aliphatic carbocycles. The Balaban J connectivity index is 1.97. The summed E-state index contributed by atoms with van der Waals surface area (Å²) in [6.45, 7) is 2.03. The normalized spacial score (nSPS) is 11.9. The molecule has 0 bridgehead atoms. The van der Waals surface area contributed by atoms with Gasteiger partial charge in [0.15, 0.2) is 0 Å². The smallest absolute Gasteiger partial charge is 0.348 e. The first-order valence-corrected chi connectivity index (χ1v) is 11.7. The zero-order chi connectivity index (χ0) is 18.0. The molecule has 7 heteroatoms. The van der Waals surface area contributed by atoms with E-state index in [-0.39, 0.29) is 4.88 Å². The summed E-state index contributed by atoms with van der Waals surface area (Å²) in [5.74, 6) is -1.03. The third kappa shape index (κ3) is 3.82. The standard InChI is InChI=1S/C18H18NO3PS2/c1-12-5-2-3-8-15(12)13-6-4-7-14(11-13)25(22,23)19-16-9-10-24-17(16)18(20)21/h2-11,25H,23H2,1H3,(H,19,22)(H,20,21). The topological polar surface area (TPSA) is 66.4 Å². The number of anilines is 1. The minimum atomic E-state index is -3.05. The summed E-state index contributed by atoms with van der Waals surface area (Å²) >= 11 is 1.10. The number of thiol groups is 1. The number of benzene rings is 2. The second-order valence-corrected chi connectivity index (χ2v) is 10.8. The van der Waals surface area contributed by atoms with E-state index >= 15 is 0 Å². The van der Waals surface area contributed by atoms with E-state index in [1.54, 1.807) is 17.5 Å². The molecule has 3 rings (SSSR count). The second kappa shape index (κ2) is 7.08. The number of thiophene rings is 1. The molecule has 1 heterocycles. The Labute approximate surface area is 153 Å². The SMILES string of the molecule is Cc1ccccc1-c1cccc([SH](=O)(P)Nc2ccsc2C(=O)O)c1. The van der Waals surface area contributed by atoms with Crippen LogP contribution in [0.25, 0.3) is 11.1 Å². The molecular weight excluding hydrogens is 373 g/mol. The van der Waals surface area contributed by atoms with Crippen molar-refractivity contribution < 1.29 is 14.1 Å². The predicted octanol–water partition coefficient (Wildman–Crippen LogP) is 4.61. The Morgan fingerprint density at radius 3 is 2.64 bits per heavy atom. The molecule has 0 spiro atoms. The van der Waals surface area contributed by atoms with Crippen molar-refractivity contribution in [1.82, 2.24) is 0 Å². The van der Waals surface area contributed by atoms with Crippen molar-refractivity contribution in [3.05, 3.63) is 70.4 Å². The summed E-state index contributed by atoms with van der Waals surface area (Å²) < 4.78 is 16.1.